The molecule has 0 radical (unpaired) electrons. The predicted molar refractivity (Wildman–Crippen MR) is 71.5 cm³/mol. The van der Waals surface area contributed by atoms with Gasteiger partial charge in [-0.25, -0.2) is 13.4 Å². The van der Waals surface area contributed by atoms with E-state index in [4.69, 9.17) is 0 Å². The van der Waals surface area contributed by atoms with Crippen molar-refractivity contribution in [2.45, 2.75) is 26.8 Å². The van der Waals surface area contributed by atoms with Gasteiger partial charge in [0.2, 0.25) is 5.91 Å². The second kappa shape index (κ2) is 5.32. The molecule has 0 saturated carbocycles. The number of nitrogens with zero attached hydrogens (tertiary/aromatic N) is 2. The number of nitrogens with one attached hydrogen (secondary N) is 1. The van der Waals surface area contributed by atoms with Crippen LogP contribution in [0.5, 0.6) is 0 Å². The first-order valence-electron chi connectivity index (χ1n) is 6.35. The van der Waals surface area contributed by atoms with Crippen LogP contribution in [-0.2, 0) is 21.2 Å². The maximum atomic E-state index is 11.8. The molecule has 6 nitrogen and oxygen atoms in total. The van der Waals surface area contributed by atoms with Crippen LogP contribution in [-0.4, -0.2) is 41.9 Å². The van der Waals surface area contributed by atoms with E-state index in [0.29, 0.717) is 19.5 Å². The van der Waals surface area contributed by atoms with Crippen molar-refractivity contribution in [1.82, 2.24) is 14.9 Å². The number of rotatable bonds is 4. The van der Waals surface area contributed by atoms with Crippen LogP contribution in [0.15, 0.2) is 6.33 Å². The number of amides is 1. The number of carbonyl (C=O) groups excluding carboxylic acids is 1. The van der Waals surface area contributed by atoms with Gasteiger partial charge in [-0.15, -0.1) is 0 Å². The number of aryl methyl sites for hydroxylation is 1. The van der Waals surface area contributed by atoms with E-state index in [0.717, 1.165) is 11.4 Å². The Morgan fingerprint density at radius 3 is 2.79 bits per heavy atom. The van der Waals surface area contributed by atoms with Gasteiger partial charge in [-0.05, 0) is 20.3 Å². The molecule has 1 aromatic rings. The molecule has 1 atom stereocenters. The Hall–Kier alpha value is -1.37. The van der Waals surface area contributed by atoms with Crippen LogP contribution in [0, 0.1) is 19.8 Å². The number of hydrogen-bond acceptors (Lipinski definition) is 4. The molecule has 106 valence electrons. The summed E-state index contributed by atoms with van der Waals surface area (Å²) in [5.41, 5.74) is 2.06. The van der Waals surface area contributed by atoms with E-state index < -0.39 is 9.84 Å². The van der Waals surface area contributed by atoms with Crippen molar-refractivity contribution < 1.29 is 13.2 Å². The van der Waals surface area contributed by atoms with Gasteiger partial charge >= 0.3 is 0 Å². The molecule has 0 aromatic carbocycles. The summed E-state index contributed by atoms with van der Waals surface area (Å²) in [5.74, 6) is -0.418. The second-order valence-corrected chi connectivity index (χ2v) is 7.23. The van der Waals surface area contributed by atoms with Crippen molar-refractivity contribution in [3.63, 3.8) is 0 Å². The third-order valence-electron chi connectivity index (χ3n) is 3.60. The number of sulfone groups is 1. The van der Waals surface area contributed by atoms with E-state index in [1.54, 1.807) is 6.33 Å². The monoisotopic (exact) mass is 285 g/mol. The van der Waals surface area contributed by atoms with Crippen LogP contribution in [0.2, 0.25) is 0 Å². The van der Waals surface area contributed by atoms with Crippen molar-refractivity contribution in [3.8, 4) is 0 Å². The summed E-state index contributed by atoms with van der Waals surface area (Å²) in [6.45, 7) is 5.06. The molecule has 7 heteroatoms. The molecular weight excluding hydrogens is 266 g/mol. The smallest absolute Gasteiger partial charge is 0.224 e. The summed E-state index contributed by atoms with van der Waals surface area (Å²) in [4.78, 5) is 16.0. The SMILES string of the molecule is Cc1ncn(CCNC(=O)[C@@H]2CCS(=O)(=O)C2)c1C. The summed E-state index contributed by atoms with van der Waals surface area (Å²) >= 11 is 0. The quantitative estimate of drug-likeness (QED) is 0.847. The molecule has 1 N–H and O–H groups in total. The third kappa shape index (κ3) is 3.34. The first-order valence-corrected chi connectivity index (χ1v) is 8.17. The van der Waals surface area contributed by atoms with Gasteiger partial charge in [0.1, 0.15) is 0 Å². The Labute approximate surface area is 113 Å². The lowest BCUT2D eigenvalue weighted by atomic mass is 10.1. The summed E-state index contributed by atoms with van der Waals surface area (Å²) in [6, 6.07) is 0. The van der Waals surface area contributed by atoms with Crippen molar-refractivity contribution in [2.24, 2.45) is 5.92 Å². The van der Waals surface area contributed by atoms with E-state index in [1.165, 1.54) is 0 Å². The molecule has 0 aliphatic carbocycles. The van der Waals surface area contributed by atoms with Crippen molar-refractivity contribution in [1.29, 1.82) is 0 Å². The molecular formula is C12H19N3O3S. The highest BCUT2D eigenvalue weighted by molar-refractivity contribution is 7.91. The van der Waals surface area contributed by atoms with E-state index in [2.05, 4.69) is 10.3 Å². The Kier molecular flexibility index (Phi) is 3.93. The van der Waals surface area contributed by atoms with Gasteiger partial charge in [0.05, 0.1) is 29.4 Å². The lowest BCUT2D eigenvalue weighted by Crippen LogP contribution is -2.33. The van der Waals surface area contributed by atoms with Crippen LogP contribution in [0.4, 0.5) is 0 Å². The highest BCUT2D eigenvalue weighted by Gasteiger charge is 2.32. The van der Waals surface area contributed by atoms with E-state index in [-0.39, 0.29) is 23.3 Å². The fourth-order valence-electron chi connectivity index (χ4n) is 2.22. The summed E-state index contributed by atoms with van der Waals surface area (Å²) in [5, 5.41) is 2.80. The van der Waals surface area contributed by atoms with Gasteiger partial charge in [0.25, 0.3) is 0 Å². The van der Waals surface area contributed by atoms with E-state index >= 15 is 0 Å². The summed E-state index contributed by atoms with van der Waals surface area (Å²) < 4.78 is 24.6. The van der Waals surface area contributed by atoms with Gasteiger partial charge in [-0.3, -0.25) is 4.79 Å². The molecule has 0 unspecified atom stereocenters. The fraction of sp³-hybridized carbons (Fsp3) is 0.667. The zero-order valence-corrected chi connectivity index (χ0v) is 12.0. The number of aromatic nitrogens is 2. The minimum atomic E-state index is -3.00. The van der Waals surface area contributed by atoms with Crippen LogP contribution >= 0.6 is 0 Å². The molecule has 1 aliphatic rings. The predicted octanol–water partition coefficient (Wildman–Crippen LogP) is 0.0508. The average Bonchev–Trinajstić information content (AvgIpc) is 2.85. The molecule has 2 rings (SSSR count). The maximum Gasteiger partial charge on any atom is 0.224 e. The van der Waals surface area contributed by atoms with Crippen LogP contribution in [0.3, 0.4) is 0 Å². The average molecular weight is 285 g/mol. The molecule has 1 fully saturated rings. The van der Waals surface area contributed by atoms with Crippen molar-refractivity contribution in [2.75, 3.05) is 18.1 Å². The normalized spacial score (nSPS) is 21.5. The number of carbonyl (C=O) groups is 1. The lowest BCUT2D eigenvalue weighted by Gasteiger charge is -2.10. The van der Waals surface area contributed by atoms with Gasteiger partial charge in [-0.1, -0.05) is 0 Å². The zero-order chi connectivity index (χ0) is 14.0. The Morgan fingerprint density at radius 2 is 2.26 bits per heavy atom. The zero-order valence-electron chi connectivity index (χ0n) is 11.2. The van der Waals surface area contributed by atoms with Crippen LogP contribution in [0.1, 0.15) is 17.8 Å². The summed E-state index contributed by atoms with van der Waals surface area (Å²) in [6.07, 6.45) is 2.19. The largest absolute Gasteiger partial charge is 0.354 e. The molecule has 1 saturated heterocycles. The second-order valence-electron chi connectivity index (χ2n) is 5.00. The lowest BCUT2D eigenvalue weighted by molar-refractivity contribution is -0.124. The third-order valence-corrected chi connectivity index (χ3v) is 5.37. The van der Waals surface area contributed by atoms with Gasteiger partial charge in [0, 0.05) is 18.8 Å². The van der Waals surface area contributed by atoms with E-state index in [9.17, 15) is 13.2 Å². The van der Waals surface area contributed by atoms with Gasteiger partial charge in [0.15, 0.2) is 9.84 Å². The molecule has 0 spiro atoms. The standard InChI is InChI=1S/C12H19N3O3S/c1-9-10(2)15(8-14-9)5-4-13-12(16)11-3-6-19(17,18)7-11/h8,11H,3-7H2,1-2H3,(H,13,16)/t11-/m1/s1. The minimum absolute atomic E-state index is 0.0119. The van der Waals surface area contributed by atoms with Crippen LogP contribution in [0.25, 0.3) is 0 Å². The minimum Gasteiger partial charge on any atom is -0.354 e. The molecule has 1 aliphatic heterocycles. The van der Waals surface area contributed by atoms with Crippen molar-refractivity contribution in [3.05, 3.63) is 17.7 Å². The first kappa shape index (κ1) is 14.0. The highest BCUT2D eigenvalue weighted by Crippen LogP contribution is 2.18. The topological polar surface area (TPSA) is 81.1 Å². The Bertz CT molecular complexity index is 577. The Balaban J connectivity index is 1.80. The molecule has 0 bridgehead atoms. The fourth-order valence-corrected chi connectivity index (χ4v) is 3.96. The number of imidazole rings is 1. The highest BCUT2D eigenvalue weighted by atomic mass is 32.2. The van der Waals surface area contributed by atoms with Crippen LogP contribution < -0.4 is 5.32 Å². The maximum absolute atomic E-state index is 11.8. The van der Waals surface area contributed by atoms with Gasteiger partial charge < -0.3 is 9.88 Å². The Morgan fingerprint density at radius 1 is 1.53 bits per heavy atom. The molecule has 19 heavy (non-hydrogen) atoms. The van der Waals surface area contributed by atoms with E-state index in [1.807, 2.05) is 18.4 Å². The molecule has 2 heterocycles. The number of hydrogen-bond donors (Lipinski definition) is 1. The molecule has 1 aromatic heterocycles. The molecule has 1 amide bonds. The van der Waals surface area contributed by atoms with Crippen molar-refractivity contribution >= 4 is 15.7 Å². The summed E-state index contributed by atoms with van der Waals surface area (Å²) in [7, 11) is -3.00. The first-order chi connectivity index (χ1) is 8.89. The van der Waals surface area contributed by atoms with Gasteiger partial charge in [-0.2, -0.15) is 0 Å².